The van der Waals surface area contributed by atoms with E-state index in [9.17, 15) is 0 Å². The number of piperidine rings is 1. The van der Waals surface area contributed by atoms with Crippen LogP contribution in [0.5, 0.6) is 0 Å². The van der Waals surface area contributed by atoms with Crippen molar-refractivity contribution in [3.8, 4) is 0 Å². The Hall–Kier alpha value is -1.63. The van der Waals surface area contributed by atoms with Gasteiger partial charge in [0.05, 0.1) is 19.1 Å². The number of amidine groups is 2. The Kier molecular flexibility index (Phi) is 6.42. The highest BCUT2D eigenvalue weighted by molar-refractivity contribution is 6.30. The number of nitrogens with two attached hydrogens (primary N) is 1. The average Bonchev–Trinajstić information content (AvgIpc) is 3.16. The molecule has 0 saturated carbocycles. The number of morpholine rings is 1. The number of likely N-dealkylation sites (tertiary alicyclic amines) is 1. The number of ether oxygens (including phenoxy) is 1. The second-order valence-electron chi connectivity index (χ2n) is 8.80. The largest absolute Gasteiger partial charge is 0.385 e. The molecule has 0 aliphatic carbocycles. The molecule has 2 atom stereocenters. The maximum Gasteiger partial charge on any atom is 0.135 e. The molecule has 158 valence electrons. The first-order chi connectivity index (χ1) is 14.0. The summed E-state index contributed by atoms with van der Waals surface area (Å²) in [4.78, 5) is 5.08. The van der Waals surface area contributed by atoms with Crippen molar-refractivity contribution in [1.29, 1.82) is 0 Å². The second kappa shape index (κ2) is 9.02. The molecule has 6 nitrogen and oxygen atoms in total. The van der Waals surface area contributed by atoms with Crippen LogP contribution in [0.4, 0.5) is 0 Å². The monoisotopic (exact) mass is 417 g/mol. The van der Waals surface area contributed by atoms with Gasteiger partial charge < -0.3 is 15.4 Å². The Labute approximate surface area is 178 Å². The second-order valence-corrected chi connectivity index (χ2v) is 9.24. The van der Waals surface area contributed by atoms with Gasteiger partial charge in [0, 0.05) is 36.7 Å². The molecule has 2 saturated heterocycles. The van der Waals surface area contributed by atoms with E-state index in [0.29, 0.717) is 36.4 Å². The van der Waals surface area contributed by atoms with Crippen molar-refractivity contribution >= 4 is 23.3 Å². The lowest BCUT2D eigenvalue weighted by molar-refractivity contribution is -0.100. The van der Waals surface area contributed by atoms with Crippen LogP contribution in [0.15, 0.2) is 34.5 Å². The van der Waals surface area contributed by atoms with Crippen LogP contribution in [0.3, 0.4) is 0 Å². The summed E-state index contributed by atoms with van der Waals surface area (Å²) in [6.45, 7) is 8.36. The van der Waals surface area contributed by atoms with Gasteiger partial charge in [-0.05, 0) is 42.9 Å². The third-order valence-corrected chi connectivity index (χ3v) is 6.67. The van der Waals surface area contributed by atoms with Gasteiger partial charge in [-0.3, -0.25) is 4.90 Å². The average molecular weight is 418 g/mol. The highest BCUT2D eigenvalue weighted by Crippen LogP contribution is 2.28. The molecule has 4 rings (SSSR count). The minimum absolute atomic E-state index is 0.307. The Morgan fingerprint density at radius 2 is 1.90 bits per heavy atom. The Balaban J connectivity index is 1.41. The van der Waals surface area contributed by atoms with Crippen LogP contribution in [-0.4, -0.2) is 65.9 Å². The maximum absolute atomic E-state index is 6.26. The number of hydrogen-bond acceptors (Lipinski definition) is 6. The molecule has 3 aliphatic rings. The fraction of sp³-hybridized carbons (Fsp3) is 0.636. The SMILES string of the molecule is CC(C)[C@H]1CN(C2CCN(C3=NN=C(N)C3)CC2)[C@@H](Cc2ccc(Cl)cc2)CO1. The van der Waals surface area contributed by atoms with E-state index in [0.717, 1.165) is 56.4 Å². The van der Waals surface area contributed by atoms with Gasteiger partial charge in [-0.2, -0.15) is 0 Å². The van der Waals surface area contributed by atoms with Crippen molar-refractivity contribution in [2.75, 3.05) is 26.2 Å². The van der Waals surface area contributed by atoms with Crippen molar-refractivity contribution in [2.24, 2.45) is 21.9 Å². The zero-order valence-corrected chi connectivity index (χ0v) is 18.2. The Bertz CT molecular complexity index is 755. The first-order valence-corrected chi connectivity index (χ1v) is 11.1. The van der Waals surface area contributed by atoms with E-state index in [4.69, 9.17) is 22.1 Å². The minimum Gasteiger partial charge on any atom is -0.385 e. The van der Waals surface area contributed by atoms with Crippen LogP contribution >= 0.6 is 11.6 Å². The van der Waals surface area contributed by atoms with Crippen molar-refractivity contribution in [2.45, 2.75) is 57.7 Å². The van der Waals surface area contributed by atoms with Gasteiger partial charge in [0.1, 0.15) is 11.7 Å². The molecule has 7 heteroatoms. The standard InChI is InChI=1S/C22H32ClN5O/c1-15(2)20-13-28(19(14-29-20)11-16-3-5-17(23)6-4-16)18-7-9-27(10-8-18)22-12-21(24)25-26-22/h3-6,15,18-20H,7-14H2,1-2H3,(H2,24,25)/t19-,20+/m0/s1. The summed E-state index contributed by atoms with van der Waals surface area (Å²) >= 11 is 6.07. The quantitative estimate of drug-likeness (QED) is 0.817. The van der Waals surface area contributed by atoms with Crippen LogP contribution < -0.4 is 5.73 Å². The van der Waals surface area contributed by atoms with Crippen molar-refractivity contribution in [1.82, 2.24) is 9.80 Å². The minimum atomic E-state index is 0.307. The molecular weight excluding hydrogens is 386 g/mol. The van der Waals surface area contributed by atoms with Gasteiger partial charge in [0.2, 0.25) is 0 Å². The first-order valence-electron chi connectivity index (χ1n) is 10.7. The zero-order chi connectivity index (χ0) is 20.4. The summed E-state index contributed by atoms with van der Waals surface area (Å²) in [5, 5.41) is 9.04. The zero-order valence-electron chi connectivity index (χ0n) is 17.4. The van der Waals surface area contributed by atoms with Crippen molar-refractivity contribution < 1.29 is 4.74 Å². The van der Waals surface area contributed by atoms with E-state index in [1.807, 2.05) is 12.1 Å². The maximum atomic E-state index is 6.26. The van der Waals surface area contributed by atoms with Crippen molar-refractivity contribution in [3.63, 3.8) is 0 Å². The van der Waals surface area contributed by atoms with Crippen LogP contribution in [-0.2, 0) is 11.2 Å². The molecule has 2 fully saturated rings. The lowest BCUT2D eigenvalue weighted by atomic mass is 9.94. The molecule has 1 aromatic rings. The third-order valence-electron chi connectivity index (χ3n) is 6.42. The van der Waals surface area contributed by atoms with E-state index in [1.54, 1.807) is 0 Å². The smallest absolute Gasteiger partial charge is 0.135 e. The topological polar surface area (TPSA) is 66.5 Å². The fourth-order valence-corrected chi connectivity index (χ4v) is 4.77. The molecule has 0 bridgehead atoms. The first kappa shape index (κ1) is 20.6. The molecule has 0 amide bonds. The van der Waals surface area contributed by atoms with Crippen LogP contribution in [0.1, 0.15) is 38.7 Å². The van der Waals surface area contributed by atoms with E-state index in [1.165, 1.54) is 5.56 Å². The molecule has 2 N–H and O–H groups in total. The van der Waals surface area contributed by atoms with Gasteiger partial charge in [-0.1, -0.05) is 37.6 Å². The van der Waals surface area contributed by atoms with E-state index < -0.39 is 0 Å². The highest BCUT2D eigenvalue weighted by Gasteiger charge is 2.36. The molecule has 0 spiro atoms. The number of hydrogen-bond donors (Lipinski definition) is 1. The molecule has 0 aromatic heterocycles. The summed E-state index contributed by atoms with van der Waals surface area (Å²) < 4.78 is 6.26. The van der Waals surface area contributed by atoms with Crippen LogP contribution in [0.2, 0.25) is 5.02 Å². The molecule has 0 radical (unpaired) electrons. The number of nitrogens with zero attached hydrogens (tertiary/aromatic N) is 4. The molecule has 3 heterocycles. The lowest BCUT2D eigenvalue weighted by Gasteiger charge is -2.47. The summed E-state index contributed by atoms with van der Waals surface area (Å²) in [6.07, 6.45) is 4.28. The van der Waals surface area contributed by atoms with Crippen molar-refractivity contribution in [3.05, 3.63) is 34.9 Å². The van der Waals surface area contributed by atoms with Crippen LogP contribution in [0, 0.1) is 5.92 Å². The van der Waals surface area contributed by atoms with Crippen LogP contribution in [0.25, 0.3) is 0 Å². The van der Waals surface area contributed by atoms with E-state index >= 15 is 0 Å². The summed E-state index contributed by atoms with van der Waals surface area (Å²) in [6, 6.07) is 9.23. The van der Waals surface area contributed by atoms with Gasteiger partial charge in [0.25, 0.3) is 0 Å². The predicted octanol–water partition coefficient (Wildman–Crippen LogP) is 3.15. The number of halogens is 1. The van der Waals surface area contributed by atoms with E-state index in [2.05, 4.69) is 46.0 Å². The molecule has 0 unspecified atom stereocenters. The molecule has 1 aromatic carbocycles. The van der Waals surface area contributed by atoms with E-state index in [-0.39, 0.29) is 0 Å². The molecule has 3 aliphatic heterocycles. The number of benzene rings is 1. The fourth-order valence-electron chi connectivity index (χ4n) is 4.64. The molecular formula is C22H32ClN5O. The summed E-state index contributed by atoms with van der Waals surface area (Å²) in [5.41, 5.74) is 7.12. The highest BCUT2D eigenvalue weighted by atomic mass is 35.5. The van der Waals surface area contributed by atoms with Gasteiger partial charge in [0.15, 0.2) is 0 Å². The summed E-state index contributed by atoms with van der Waals surface area (Å²) in [5.74, 6) is 2.18. The third kappa shape index (κ3) is 4.93. The summed E-state index contributed by atoms with van der Waals surface area (Å²) in [7, 11) is 0. The predicted molar refractivity (Wildman–Crippen MR) is 118 cm³/mol. The normalized spacial score (nSPS) is 26.7. The molecule has 29 heavy (non-hydrogen) atoms. The van der Waals surface area contributed by atoms with Gasteiger partial charge in [-0.25, -0.2) is 0 Å². The Morgan fingerprint density at radius 3 is 2.52 bits per heavy atom. The van der Waals surface area contributed by atoms with Gasteiger partial charge >= 0.3 is 0 Å². The number of rotatable bonds is 4. The Morgan fingerprint density at radius 1 is 1.17 bits per heavy atom. The lowest BCUT2D eigenvalue weighted by Crippen LogP contribution is -2.58. The van der Waals surface area contributed by atoms with Gasteiger partial charge in [-0.15, -0.1) is 10.2 Å².